The fourth-order valence-electron chi connectivity index (χ4n) is 1.65. The van der Waals surface area contributed by atoms with Gasteiger partial charge < -0.3 is 10.4 Å². The van der Waals surface area contributed by atoms with Crippen molar-refractivity contribution in [3.05, 3.63) is 23.8 Å². The highest BCUT2D eigenvalue weighted by Crippen LogP contribution is 2.03. The summed E-state index contributed by atoms with van der Waals surface area (Å²) >= 11 is 0. The number of allylic oxidation sites excluding steroid dienone is 3. The van der Waals surface area contributed by atoms with E-state index in [1.165, 1.54) is 25.7 Å². The van der Waals surface area contributed by atoms with Crippen molar-refractivity contribution < 1.29 is 9.90 Å². The number of hydrogen-bond donors (Lipinski definition) is 2. The zero-order valence-electron chi connectivity index (χ0n) is 13.6. The molecular formula is C18H29NO2. The Morgan fingerprint density at radius 3 is 2.67 bits per heavy atom. The summed E-state index contributed by atoms with van der Waals surface area (Å²) < 4.78 is 0. The first-order chi connectivity index (χ1) is 10.1. The standard InChI is InChI=1S/C18H29NO2/c1-4-5-6-7-8-9-10-11-12-13-14-16(2)18(21)19-17(3)15-20/h12-14,17,20H,4-9,15H2,1-3H3,(H,19,21)/b13-12-,16-14+/t17-/m0/s1. The molecule has 0 unspecified atom stereocenters. The number of carbonyl (C=O) groups is 1. The smallest absolute Gasteiger partial charge is 0.247 e. The third kappa shape index (κ3) is 12.0. The first-order valence-electron chi connectivity index (χ1n) is 7.85. The summed E-state index contributed by atoms with van der Waals surface area (Å²) in [4.78, 5) is 11.6. The number of aliphatic hydroxyl groups excluding tert-OH is 1. The Morgan fingerprint density at radius 2 is 2.00 bits per heavy atom. The minimum absolute atomic E-state index is 0.0570. The van der Waals surface area contributed by atoms with Crippen molar-refractivity contribution in [1.82, 2.24) is 5.32 Å². The Morgan fingerprint density at radius 1 is 1.29 bits per heavy atom. The molecule has 0 heterocycles. The lowest BCUT2D eigenvalue weighted by Gasteiger charge is -2.10. The highest BCUT2D eigenvalue weighted by molar-refractivity contribution is 5.93. The molecule has 0 rings (SSSR count). The Balaban J connectivity index is 3.92. The molecule has 118 valence electrons. The van der Waals surface area contributed by atoms with Crippen LogP contribution < -0.4 is 5.32 Å². The van der Waals surface area contributed by atoms with Gasteiger partial charge in [0.2, 0.25) is 5.91 Å². The van der Waals surface area contributed by atoms with Gasteiger partial charge in [0, 0.05) is 18.0 Å². The van der Waals surface area contributed by atoms with Crippen LogP contribution in [0.2, 0.25) is 0 Å². The molecule has 0 aliphatic heterocycles. The maximum Gasteiger partial charge on any atom is 0.247 e. The number of amides is 1. The van der Waals surface area contributed by atoms with Gasteiger partial charge in [-0.2, -0.15) is 0 Å². The molecular weight excluding hydrogens is 262 g/mol. The molecule has 0 aromatic heterocycles. The minimum Gasteiger partial charge on any atom is -0.394 e. The first kappa shape index (κ1) is 19.5. The Labute approximate surface area is 129 Å². The van der Waals surface area contributed by atoms with E-state index in [0.717, 1.165) is 12.8 Å². The Kier molecular flexibility index (Phi) is 12.5. The predicted molar refractivity (Wildman–Crippen MR) is 88.7 cm³/mol. The van der Waals surface area contributed by atoms with Crippen LogP contribution in [-0.4, -0.2) is 23.7 Å². The van der Waals surface area contributed by atoms with Gasteiger partial charge in [0.15, 0.2) is 0 Å². The van der Waals surface area contributed by atoms with Gasteiger partial charge in [0.1, 0.15) is 0 Å². The van der Waals surface area contributed by atoms with Crippen LogP contribution in [0.4, 0.5) is 0 Å². The molecule has 21 heavy (non-hydrogen) atoms. The number of aliphatic hydroxyl groups is 1. The van der Waals surface area contributed by atoms with Crippen molar-refractivity contribution in [1.29, 1.82) is 0 Å². The van der Waals surface area contributed by atoms with E-state index in [-0.39, 0.29) is 18.6 Å². The molecule has 0 aliphatic rings. The quantitative estimate of drug-likeness (QED) is 0.296. The monoisotopic (exact) mass is 291 g/mol. The van der Waals surface area contributed by atoms with Crippen LogP contribution in [0.5, 0.6) is 0 Å². The number of hydrogen-bond acceptors (Lipinski definition) is 2. The third-order valence-corrected chi connectivity index (χ3v) is 3.04. The summed E-state index contributed by atoms with van der Waals surface area (Å²) in [6, 6.07) is -0.225. The van der Waals surface area contributed by atoms with Crippen molar-refractivity contribution >= 4 is 5.91 Å². The summed E-state index contributed by atoms with van der Waals surface area (Å²) in [5.41, 5.74) is 0.605. The van der Waals surface area contributed by atoms with Gasteiger partial charge in [-0.25, -0.2) is 0 Å². The molecule has 0 radical (unpaired) electrons. The third-order valence-electron chi connectivity index (χ3n) is 3.04. The summed E-state index contributed by atoms with van der Waals surface area (Å²) in [5.74, 6) is 5.92. The van der Waals surface area contributed by atoms with Gasteiger partial charge >= 0.3 is 0 Å². The zero-order chi connectivity index (χ0) is 15.9. The lowest BCUT2D eigenvalue weighted by atomic mass is 10.1. The fourth-order valence-corrected chi connectivity index (χ4v) is 1.65. The molecule has 0 aromatic carbocycles. The number of carbonyl (C=O) groups excluding carboxylic acids is 1. The van der Waals surface area contributed by atoms with Crippen molar-refractivity contribution in [2.45, 2.75) is 65.3 Å². The molecule has 0 fully saturated rings. The van der Waals surface area contributed by atoms with Crippen LogP contribution in [0.3, 0.4) is 0 Å². The van der Waals surface area contributed by atoms with Crippen LogP contribution in [0.25, 0.3) is 0 Å². The largest absolute Gasteiger partial charge is 0.394 e. The van der Waals surface area contributed by atoms with Gasteiger partial charge in [-0.05, 0) is 26.3 Å². The molecule has 1 atom stereocenters. The normalized spacial score (nSPS) is 12.9. The van der Waals surface area contributed by atoms with Crippen LogP contribution in [-0.2, 0) is 4.79 Å². The van der Waals surface area contributed by atoms with Crippen LogP contribution in [0.1, 0.15) is 59.3 Å². The zero-order valence-corrected chi connectivity index (χ0v) is 13.6. The lowest BCUT2D eigenvalue weighted by Crippen LogP contribution is -2.35. The highest BCUT2D eigenvalue weighted by atomic mass is 16.3. The molecule has 3 heteroatoms. The number of unbranched alkanes of at least 4 members (excludes halogenated alkanes) is 5. The number of rotatable bonds is 9. The van der Waals surface area contributed by atoms with E-state index in [2.05, 4.69) is 24.1 Å². The van der Waals surface area contributed by atoms with Crippen molar-refractivity contribution in [3.63, 3.8) is 0 Å². The van der Waals surface area contributed by atoms with Gasteiger partial charge in [-0.1, -0.05) is 56.6 Å². The van der Waals surface area contributed by atoms with Crippen LogP contribution in [0, 0.1) is 11.8 Å². The topological polar surface area (TPSA) is 49.3 Å². The van der Waals surface area contributed by atoms with E-state index in [0.29, 0.717) is 5.57 Å². The Hall–Kier alpha value is -1.53. The molecule has 2 N–H and O–H groups in total. The predicted octanol–water partition coefficient (Wildman–Crippen LogP) is 3.35. The second-order valence-corrected chi connectivity index (χ2v) is 5.25. The maximum atomic E-state index is 11.6. The van der Waals surface area contributed by atoms with E-state index in [1.807, 2.05) is 0 Å². The fraction of sp³-hybridized carbons (Fsp3) is 0.611. The van der Waals surface area contributed by atoms with Crippen molar-refractivity contribution in [3.8, 4) is 11.8 Å². The van der Waals surface area contributed by atoms with Gasteiger partial charge in [-0.3, -0.25) is 4.79 Å². The summed E-state index contributed by atoms with van der Waals surface area (Å²) in [7, 11) is 0. The Bertz CT molecular complexity index is 399. The second-order valence-electron chi connectivity index (χ2n) is 5.25. The summed E-state index contributed by atoms with van der Waals surface area (Å²) in [6.07, 6.45) is 12.5. The maximum absolute atomic E-state index is 11.6. The highest BCUT2D eigenvalue weighted by Gasteiger charge is 2.06. The molecule has 0 saturated carbocycles. The van der Waals surface area contributed by atoms with E-state index < -0.39 is 0 Å². The first-order valence-corrected chi connectivity index (χ1v) is 7.85. The minimum atomic E-state index is -0.225. The van der Waals surface area contributed by atoms with E-state index in [9.17, 15) is 4.79 Å². The number of nitrogens with one attached hydrogen (secondary N) is 1. The van der Waals surface area contributed by atoms with E-state index in [1.54, 1.807) is 32.1 Å². The van der Waals surface area contributed by atoms with Crippen molar-refractivity contribution in [2.75, 3.05) is 6.61 Å². The van der Waals surface area contributed by atoms with Gasteiger partial charge in [-0.15, -0.1) is 0 Å². The summed E-state index contributed by atoms with van der Waals surface area (Å²) in [6.45, 7) is 5.65. The molecule has 3 nitrogen and oxygen atoms in total. The van der Waals surface area contributed by atoms with Crippen LogP contribution >= 0.6 is 0 Å². The molecule has 0 aromatic rings. The molecule has 0 bridgehead atoms. The SMILES string of the molecule is CCCCCCCC#C/C=C\C=C(/C)C(=O)N[C@@H](C)CO. The average molecular weight is 291 g/mol. The molecule has 1 amide bonds. The van der Waals surface area contributed by atoms with Gasteiger partial charge in [0.05, 0.1) is 6.61 Å². The van der Waals surface area contributed by atoms with Gasteiger partial charge in [0.25, 0.3) is 0 Å². The van der Waals surface area contributed by atoms with Crippen molar-refractivity contribution in [2.24, 2.45) is 0 Å². The second kappa shape index (κ2) is 13.5. The summed E-state index contributed by atoms with van der Waals surface area (Å²) in [5, 5.41) is 11.6. The molecule has 0 aliphatic carbocycles. The average Bonchev–Trinajstić information content (AvgIpc) is 2.48. The lowest BCUT2D eigenvalue weighted by molar-refractivity contribution is -0.118. The van der Waals surface area contributed by atoms with Crippen LogP contribution in [0.15, 0.2) is 23.8 Å². The molecule has 0 spiro atoms. The van der Waals surface area contributed by atoms with E-state index >= 15 is 0 Å². The van der Waals surface area contributed by atoms with E-state index in [4.69, 9.17) is 5.11 Å². The molecule has 0 saturated heterocycles.